The van der Waals surface area contributed by atoms with E-state index < -0.39 is 0 Å². The van der Waals surface area contributed by atoms with Crippen LogP contribution in [0.4, 0.5) is 0 Å². The molecule has 0 spiro atoms. The fourth-order valence-corrected chi connectivity index (χ4v) is 1.38. The van der Waals surface area contributed by atoms with Gasteiger partial charge in [0.15, 0.2) is 0 Å². The molecule has 14 heavy (non-hydrogen) atoms. The summed E-state index contributed by atoms with van der Waals surface area (Å²) < 4.78 is 0. The van der Waals surface area contributed by atoms with Gasteiger partial charge >= 0.3 is 0 Å². The zero-order chi connectivity index (χ0) is 10.4. The zero-order valence-corrected chi connectivity index (χ0v) is 9.37. The topological polar surface area (TPSA) is 40.5 Å². The summed E-state index contributed by atoms with van der Waals surface area (Å²) >= 11 is 3.33. The molecule has 1 aromatic rings. The van der Waals surface area contributed by atoms with Crippen LogP contribution in [0, 0.1) is 0 Å². The molecule has 0 saturated heterocycles. The number of hydrogen-bond acceptors (Lipinski definition) is 2. The van der Waals surface area contributed by atoms with Gasteiger partial charge in [0.05, 0.1) is 6.61 Å². The lowest BCUT2D eigenvalue weighted by Gasteiger charge is -2.01. The number of benzene rings is 1. The van der Waals surface area contributed by atoms with Crippen molar-refractivity contribution in [3.8, 4) is 5.75 Å². The van der Waals surface area contributed by atoms with Gasteiger partial charge in [-0.3, -0.25) is 0 Å². The minimum absolute atomic E-state index is 0.133. The second-order valence-electron chi connectivity index (χ2n) is 2.93. The number of phenols is 1. The molecular formula is C11H13BrO2. The highest BCUT2D eigenvalue weighted by Crippen LogP contribution is 2.19. The molecule has 1 rings (SSSR count). The Morgan fingerprint density at radius 1 is 1.36 bits per heavy atom. The van der Waals surface area contributed by atoms with E-state index in [1.807, 2.05) is 18.2 Å². The van der Waals surface area contributed by atoms with Crippen LogP contribution in [0.15, 0.2) is 24.3 Å². The summed E-state index contributed by atoms with van der Waals surface area (Å²) in [4.78, 5) is 0. The number of aliphatic hydroxyl groups excluding tert-OH is 1. The van der Waals surface area contributed by atoms with E-state index in [1.165, 1.54) is 0 Å². The van der Waals surface area contributed by atoms with Crippen molar-refractivity contribution >= 4 is 22.0 Å². The van der Waals surface area contributed by atoms with Gasteiger partial charge in [0.25, 0.3) is 0 Å². The van der Waals surface area contributed by atoms with Crippen LogP contribution in [0.1, 0.15) is 17.5 Å². The van der Waals surface area contributed by atoms with E-state index in [4.69, 9.17) is 5.11 Å². The third-order valence-corrected chi connectivity index (χ3v) is 2.32. The van der Waals surface area contributed by atoms with Crippen LogP contribution in [0.25, 0.3) is 6.08 Å². The van der Waals surface area contributed by atoms with E-state index in [-0.39, 0.29) is 12.4 Å². The van der Waals surface area contributed by atoms with Crippen LogP contribution in [0.3, 0.4) is 0 Å². The van der Waals surface area contributed by atoms with Crippen LogP contribution in [0.5, 0.6) is 5.75 Å². The molecule has 76 valence electrons. The maximum atomic E-state index is 9.31. The fraction of sp³-hybridized carbons (Fsp3) is 0.273. The highest BCUT2D eigenvalue weighted by molar-refractivity contribution is 9.09. The average Bonchev–Trinajstić information content (AvgIpc) is 2.21. The first kappa shape index (κ1) is 11.3. The van der Waals surface area contributed by atoms with Crippen LogP contribution < -0.4 is 0 Å². The Bertz CT molecular complexity index is 321. The standard InChI is InChI=1S/C11H13BrO2/c12-6-2-1-3-9-4-5-11(14)10(7-9)8-13/h1,3-5,7,13-14H,2,6,8H2. The van der Waals surface area contributed by atoms with E-state index >= 15 is 0 Å². The number of aliphatic hydroxyl groups is 1. The van der Waals surface area contributed by atoms with Crippen molar-refractivity contribution in [2.45, 2.75) is 13.0 Å². The Morgan fingerprint density at radius 3 is 2.79 bits per heavy atom. The molecule has 0 amide bonds. The average molecular weight is 257 g/mol. The summed E-state index contributed by atoms with van der Waals surface area (Å²) in [7, 11) is 0. The molecule has 0 aliphatic carbocycles. The smallest absolute Gasteiger partial charge is 0.121 e. The number of halogens is 1. The van der Waals surface area contributed by atoms with Crippen LogP contribution in [-0.2, 0) is 6.61 Å². The van der Waals surface area contributed by atoms with Gasteiger partial charge in [-0.2, -0.15) is 0 Å². The summed E-state index contributed by atoms with van der Waals surface area (Å²) in [6.07, 6.45) is 4.98. The van der Waals surface area contributed by atoms with E-state index in [9.17, 15) is 5.11 Å². The van der Waals surface area contributed by atoms with Crippen LogP contribution in [0.2, 0.25) is 0 Å². The Labute approximate surface area is 92.0 Å². The zero-order valence-electron chi connectivity index (χ0n) is 7.78. The Hall–Kier alpha value is -0.800. The minimum atomic E-state index is -0.133. The monoisotopic (exact) mass is 256 g/mol. The van der Waals surface area contributed by atoms with Crippen molar-refractivity contribution in [2.75, 3.05) is 5.33 Å². The van der Waals surface area contributed by atoms with E-state index in [1.54, 1.807) is 12.1 Å². The molecule has 0 bridgehead atoms. The molecule has 2 N–H and O–H groups in total. The largest absolute Gasteiger partial charge is 0.508 e. The lowest BCUT2D eigenvalue weighted by Crippen LogP contribution is -1.85. The molecule has 0 aliphatic heterocycles. The maximum Gasteiger partial charge on any atom is 0.121 e. The summed E-state index contributed by atoms with van der Waals surface area (Å²) in [5, 5.41) is 19.2. The van der Waals surface area contributed by atoms with Crippen molar-refractivity contribution in [3.63, 3.8) is 0 Å². The third kappa shape index (κ3) is 3.16. The van der Waals surface area contributed by atoms with E-state index in [2.05, 4.69) is 15.9 Å². The van der Waals surface area contributed by atoms with Gasteiger partial charge in [0.1, 0.15) is 5.75 Å². The van der Waals surface area contributed by atoms with Gasteiger partial charge < -0.3 is 10.2 Å². The Kier molecular flexibility index (Phi) is 4.70. The predicted molar refractivity (Wildman–Crippen MR) is 61.5 cm³/mol. The molecule has 1 aromatic carbocycles. The molecule has 3 heteroatoms. The maximum absolute atomic E-state index is 9.31. The predicted octanol–water partition coefficient (Wildman–Crippen LogP) is 2.68. The number of aromatic hydroxyl groups is 1. The summed E-state index contributed by atoms with van der Waals surface area (Å²) in [6, 6.07) is 5.19. The van der Waals surface area contributed by atoms with Gasteiger partial charge in [0, 0.05) is 10.9 Å². The summed E-state index contributed by atoms with van der Waals surface area (Å²) in [5.41, 5.74) is 1.55. The first-order valence-corrected chi connectivity index (χ1v) is 5.55. The Balaban J connectivity index is 2.79. The first-order valence-electron chi connectivity index (χ1n) is 4.43. The van der Waals surface area contributed by atoms with Gasteiger partial charge in [-0.25, -0.2) is 0 Å². The molecule has 0 heterocycles. The lowest BCUT2D eigenvalue weighted by atomic mass is 10.1. The van der Waals surface area contributed by atoms with Crippen LogP contribution >= 0.6 is 15.9 Å². The van der Waals surface area contributed by atoms with Crippen molar-refractivity contribution < 1.29 is 10.2 Å². The lowest BCUT2D eigenvalue weighted by molar-refractivity contribution is 0.275. The van der Waals surface area contributed by atoms with Crippen molar-refractivity contribution in [2.24, 2.45) is 0 Å². The first-order chi connectivity index (χ1) is 6.77. The van der Waals surface area contributed by atoms with E-state index in [0.717, 1.165) is 17.3 Å². The molecule has 0 aliphatic rings. The van der Waals surface area contributed by atoms with Crippen molar-refractivity contribution in [1.82, 2.24) is 0 Å². The number of hydrogen-bond donors (Lipinski definition) is 2. The van der Waals surface area contributed by atoms with Gasteiger partial charge in [-0.1, -0.05) is 34.1 Å². The normalized spacial score (nSPS) is 11.0. The summed E-state index contributed by atoms with van der Waals surface area (Å²) in [6.45, 7) is -0.133. The highest BCUT2D eigenvalue weighted by atomic mass is 79.9. The van der Waals surface area contributed by atoms with Crippen LogP contribution in [-0.4, -0.2) is 15.5 Å². The van der Waals surface area contributed by atoms with E-state index in [0.29, 0.717) is 5.56 Å². The number of alkyl halides is 1. The second kappa shape index (κ2) is 5.83. The van der Waals surface area contributed by atoms with Gasteiger partial charge in [0.2, 0.25) is 0 Å². The molecule has 0 saturated carbocycles. The quantitative estimate of drug-likeness (QED) is 0.814. The third-order valence-electron chi connectivity index (χ3n) is 1.86. The van der Waals surface area contributed by atoms with Crippen molar-refractivity contribution in [3.05, 3.63) is 35.4 Å². The summed E-state index contributed by atoms with van der Waals surface area (Å²) in [5.74, 6) is 0.144. The number of rotatable bonds is 4. The molecule has 0 unspecified atom stereocenters. The SMILES string of the molecule is OCc1cc(C=CCCBr)ccc1O. The highest BCUT2D eigenvalue weighted by Gasteiger charge is 1.98. The molecule has 0 radical (unpaired) electrons. The molecule has 0 fully saturated rings. The minimum Gasteiger partial charge on any atom is -0.508 e. The molecule has 0 atom stereocenters. The molecule has 2 nitrogen and oxygen atoms in total. The van der Waals surface area contributed by atoms with Crippen molar-refractivity contribution in [1.29, 1.82) is 0 Å². The fourth-order valence-electron chi connectivity index (χ4n) is 1.12. The van der Waals surface area contributed by atoms with Gasteiger partial charge in [-0.15, -0.1) is 0 Å². The second-order valence-corrected chi connectivity index (χ2v) is 3.72. The Morgan fingerprint density at radius 2 is 2.14 bits per heavy atom. The number of allylic oxidation sites excluding steroid dienone is 1. The molecule has 0 aromatic heterocycles. The van der Waals surface area contributed by atoms with Gasteiger partial charge in [-0.05, 0) is 24.1 Å². The molecular weight excluding hydrogens is 244 g/mol.